The molecule has 0 aliphatic carbocycles. The first kappa shape index (κ1) is 10.0. The number of ether oxygens (including phenoxy) is 1. The monoisotopic (exact) mass is 198 g/mol. The van der Waals surface area contributed by atoms with Crippen molar-refractivity contribution in [3.8, 4) is 5.75 Å². The van der Waals surface area contributed by atoms with E-state index in [9.17, 15) is 9.59 Å². The van der Waals surface area contributed by atoms with Crippen molar-refractivity contribution in [2.75, 3.05) is 6.61 Å². The number of aromatic nitrogens is 2. The predicted octanol–water partition coefficient (Wildman–Crippen LogP) is -1.01. The van der Waals surface area contributed by atoms with Gasteiger partial charge in [-0.2, -0.15) is 5.10 Å². The van der Waals surface area contributed by atoms with Gasteiger partial charge in [0, 0.05) is 7.05 Å². The molecule has 0 saturated carbocycles. The molecular formula is C7H10N4O3. The lowest BCUT2D eigenvalue weighted by Crippen LogP contribution is -2.38. The fourth-order valence-corrected chi connectivity index (χ4v) is 0.796. The van der Waals surface area contributed by atoms with Crippen LogP contribution in [-0.4, -0.2) is 28.3 Å². The molecule has 0 fully saturated rings. The van der Waals surface area contributed by atoms with Crippen LogP contribution >= 0.6 is 0 Å². The molecule has 1 rings (SSSR count). The average molecular weight is 198 g/mol. The van der Waals surface area contributed by atoms with Crippen LogP contribution in [0.3, 0.4) is 0 Å². The SMILES string of the molecule is Cn1cc(OCC(=O)NC(N)=O)cn1. The Labute approximate surface area is 79.8 Å². The molecule has 14 heavy (non-hydrogen) atoms. The van der Waals surface area contributed by atoms with E-state index in [1.54, 1.807) is 13.2 Å². The molecule has 0 aliphatic heterocycles. The van der Waals surface area contributed by atoms with Gasteiger partial charge in [0.25, 0.3) is 5.91 Å². The standard InChI is InChI=1S/C7H10N4O3/c1-11-3-5(2-9-11)14-4-6(12)10-7(8)13/h2-3H,4H2,1H3,(H3,8,10,12,13). The molecule has 1 aromatic rings. The minimum absolute atomic E-state index is 0.269. The van der Waals surface area contributed by atoms with E-state index in [0.29, 0.717) is 5.75 Å². The summed E-state index contributed by atoms with van der Waals surface area (Å²) >= 11 is 0. The van der Waals surface area contributed by atoms with Gasteiger partial charge in [-0.05, 0) is 0 Å². The summed E-state index contributed by atoms with van der Waals surface area (Å²) < 4.78 is 6.52. The van der Waals surface area contributed by atoms with Gasteiger partial charge in [-0.1, -0.05) is 0 Å². The lowest BCUT2D eigenvalue weighted by Gasteiger charge is -2.01. The Hall–Kier alpha value is -2.05. The number of carbonyl (C=O) groups excluding carboxylic acids is 2. The molecule has 7 heteroatoms. The average Bonchev–Trinajstić information content (AvgIpc) is 2.47. The predicted molar refractivity (Wildman–Crippen MR) is 46.4 cm³/mol. The highest BCUT2D eigenvalue weighted by molar-refractivity contribution is 5.94. The maximum atomic E-state index is 10.9. The summed E-state index contributed by atoms with van der Waals surface area (Å²) in [7, 11) is 1.72. The molecule has 76 valence electrons. The first-order chi connectivity index (χ1) is 6.58. The number of primary amides is 1. The van der Waals surface area contributed by atoms with Crippen molar-refractivity contribution in [1.82, 2.24) is 15.1 Å². The van der Waals surface area contributed by atoms with E-state index in [0.717, 1.165) is 0 Å². The summed E-state index contributed by atoms with van der Waals surface area (Å²) in [4.78, 5) is 21.1. The van der Waals surface area contributed by atoms with Crippen molar-refractivity contribution < 1.29 is 14.3 Å². The lowest BCUT2D eigenvalue weighted by molar-refractivity contribution is -0.121. The Bertz CT molecular complexity index is 346. The zero-order valence-electron chi connectivity index (χ0n) is 7.56. The molecule has 0 saturated heterocycles. The highest BCUT2D eigenvalue weighted by atomic mass is 16.5. The number of hydrogen-bond donors (Lipinski definition) is 2. The normalized spacial score (nSPS) is 9.50. The molecule has 0 atom stereocenters. The largest absolute Gasteiger partial charge is 0.480 e. The highest BCUT2D eigenvalue weighted by Gasteiger charge is 2.05. The molecule has 0 spiro atoms. The van der Waals surface area contributed by atoms with Crippen LogP contribution in [0.25, 0.3) is 0 Å². The molecule has 7 nitrogen and oxygen atoms in total. The number of nitrogens with two attached hydrogens (primary N) is 1. The molecule has 1 aromatic heterocycles. The van der Waals surface area contributed by atoms with Crippen LogP contribution < -0.4 is 15.8 Å². The number of aryl methyl sites for hydroxylation is 1. The Morgan fingerprint density at radius 2 is 2.43 bits per heavy atom. The van der Waals surface area contributed by atoms with Gasteiger partial charge in [0.1, 0.15) is 0 Å². The Morgan fingerprint density at radius 1 is 1.71 bits per heavy atom. The second-order valence-electron chi connectivity index (χ2n) is 2.55. The van der Waals surface area contributed by atoms with E-state index in [4.69, 9.17) is 10.5 Å². The van der Waals surface area contributed by atoms with Crippen LogP contribution in [0.5, 0.6) is 5.75 Å². The van der Waals surface area contributed by atoms with Gasteiger partial charge in [-0.15, -0.1) is 0 Å². The minimum Gasteiger partial charge on any atom is -0.480 e. The van der Waals surface area contributed by atoms with Crippen LogP contribution in [0.1, 0.15) is 0 Å². The topological polar surface area (TPSA) is 99.2 Å². The zero-order valence-corrected chi connectivity index (χ0v) is 7.56. The zero-order chi connectivity index (χ0) is 10.6. The minimum atomic E-state index is -0.898. The van der Waals surface area contributed by atoms with E-state index in [2.05, 4.69) is 5.10 Å². The second kappa shape index (κ2) is 4.26. The van der Waals surface area contributed by atoms with E-state index in [1.807, 2.05) is 5.32 Å². The molecule has 1 heterocycles. The van der Waals surface area contributed by atoms with E-state index < -0.39 is 11.9 Å². The number of amides is 3. The van der Waals surface area contributed by atoms with Crippen molar-refractivity contribution in [3.63, 3.8) is 0 Å². The quantitative estimate of drug-likeness (QED) is 0.650. The first-order valence-corrected chi connectivity index (χ1v) is 3.78. The summed E-state index contributed by atoms with van der Waals surface area (Å²) in [5.41, 5.74) is 4.72. The fraction of sp³-hybridized carbons (Fsp3) is 0.286. The van der Waals surface area contributed by atoms with Crippen molar-refractivity contribution in [2.45, 2.75) is 0 Å². The Morgan fingerprint density at radius 3 is 2.93 bits per heavy atom. The van der Waals surface area contributed by atoms with Gasteiger partial charge in [0.15, 0.2) is 12.4 Å². The van der Waals surface area contributed by atoms with Gasteiger partial charge >= 0.3 is 6.03 Å². The Balaban J connectivity index is 2.34. The van der Waals surface area contributed by atoms with Gasteiger partial charge < -0.3 is 10.5 Å². The van der Waals surface area contributed by atoms with E-state index in [1.165, 1.54) is 10.9 Å². The molecule has 0 aromatic carbocycles. The number of carbonyl (C=O) groups is 2. The van der Waals surface area contributed by atoms with Gasteiger partial charge in [0.05, 0.1) is 12.4 Å². The number of imide groups is 1. The second-order valence-corrected chi connectivity index (χ2v) is 2.55. The van der Waals surface area contributed by atoms with Gasteiger partial charge in [0.2, 0.25) is 0 Å². The van der Waals surface area contributed by atoms with E-state index >= 15 is 0 Å². The molecule has 0 unspecified atom stereocenters. The summed E-state index contributed by atoms with van der Waals surface area (Å²) in [5.74, 6) is -0.145. The third kappa shape index (κ3) is 3.13. The smallest absolute Gasteiger partial charge is 0.318 e. The maximum Gasteiger partial charge on any atom is 0.318 e. The summed E-state index contributed by atoms with van der Waals surface area (Å²) in [5, 5.41) is 5.69. The van der Waals surface area contributed by atoms with Crippen LogP contribution in [0.2, 0.25) is 0 Å². The number of nitrogens with one attached hydrogen (secondary N) is 1. The van der Waals surface area contributed by atoms with Crippen molar-refractivity contribution in [2.24, 2.45) is 12.8 Å². The molecule has 3 N–H and O–H groups in total. The van der Waals surface area contributed by atoms with E-state index in [-0.39, 0.29) is 6.61 Å². The third-order valence-corrected chi connectivity index (χ3v) is 1.31. The van der Waals surface area contributed by atoms with Crippen LogP contribution in [0.4, 0.5) is 4.79 Å². The third-order valence-electron chi connectivity index (χ3n) is 1.31. The molecule has 3 amide bonds. The highest BCUT2D eigenvalue weighted by Crippen LogP contribution is 2.05. The number of rotatable bonds is 3. The van der Waals surface area contributed by atoms with Crippen LogP contribution in [-0.2, 0) is 11.8 Å². The molecule has 0 aliphatic rings. The fourth-order valence-electron chi connectivity index (χ4n) is 0.796. The van der Waals surface area contributed by atoms with Crippen molar-refractivity contribution in [1.29, 1.82) is 0 Å². The molecule has 0 radical (unpaired) electrons. The molecular weight excluding hydrogens is 188 g/mol. The Kier molecular flexibility index (Phi) is 3.05. The molecule has 0 bridgehead atoms. The van der Waals surface area contributed by atoms with Crippen LogP contribution in [0.15, 0.2) is 12.4 Å². The number of hydrogen-bond acceptors (Lipinski definition) is 4. The van der Waals surface area contributed by atoms with Crippen molar-refractivity contribution >= 4 is 11.9 Å². The summed E-state index contributed by atoms with van der Waals surface area (Å²) in [6.45, 7) is -0.269. The summed E-state index contributed by atoms with van der Waals surface area (Å²) in [6.07, 6.45) is 3.05. The van der Waals surface area contributed by atoms with Gasteiger partial charge in [-0.25, -0.2) is 4.79 Å². The lowest BCUT2D eigenvalue weighted by atomic mass is 10.6. The first-order valence-electron chi connectivity index (χ1n) is 3.78. The number of urea groups is 1. The summed E-state index contributed by atoms with van der Waals surface area (Å²) in [6, 6.07) is -0.898. The maximum absolute atomic E-state index is 10.9. The van der Waals surface area contributed by atoms with Crippen LogP contribution in [0, 0.1) is 0 Å². The van der Waals surface area contributed by atoms with Gasteiger partial charge in [-0.3, -0.25) is 14.8 Å². The van der Waals surface area contributed by atoms with Crippen molar-refractivity contribution in [3.05, 3.63) is 12.4 Å². The number of nitrogens with zero attached hydrogens (tertiary/aromatic N) is 2.